The third-order valence-electron chi connectivity index (χ3n) is 6.91. The molecule has 2 N–H and O–H groups in total. The van der Waals surface area contributed by atoms with Crippen LogP contribution in [0.15, 0.2) is 48.8 Å². The van der Waals surface area contributed by atoms with Gasteiger partial charge in [-0.2, -0.15) is 14.6 Å². The maximum absolute atomic E-state index is 4.94. The fraction of sp³-hybridized carbons (Fsp3) is 0.333. The van der Waals surface area contributed by atoms with Gasteiger partial charge in [-0.05, 0) is 48.9 Å². The second-order valence-corrected chi connectivity index (χ2v) is 9.87. The predicted octanol–water partition coefficient (Wildman–Crippen LogP) is 4.83. The summed E-state index contributed by atoms with van der Waals surface area (Å²) in [5.74, 6) is 2.59. The smallest absolute Gasteiger partial charge is 0.228 e. The van der Waals surface area contributed by atoms with Crippen LogP contribution in [-0.4, -0.2) is 49.7 Å². The number of para-hydroxylation sites is 1. The lowest BCUT2D eigenvalue weighted by molar-refractivity contribution is 0.599. The summed E-state index contributed by atoms with van der Waals surface area (Å²) in [4.78, 5) is 20.0. The van der Waals surface area contributed by atoms with Crippen molar-refractivity contribution in [3.63, 3.8) is 0 Å². The first-order chi connectivity index (χ1) is 17.0. The highest BCUT2D eigenvalue weighted by molar-refractivity contribution is 5.85. The molecule has 6 rings (SSSR count). The number of aromatic nitrogens is 6. The minimum Gasteiger partial charge on any atom is -0.363 e. The molecular weight excluding hydrogens is 436 g/mol. The Bertz CT molecular complexity index is 1510. The first kappa shape index (κ1) is 21.6. The number of benzene rings is 1. The fourth-order valence-electron chi connectivity index (χ4n) is 4.98. The van der Waals surface area contributed by atoms with Gasteiger partial charge < -0.3 is 15.2 Å². The minimum absolute atomic E-state index is 0.258. The second kappa shape index (κ2) is 8.37. The van der Waals surface area contributed by atoms with Crippen LogP contribution < -0.4 is 10.2 Å². The van der Waals surface area contributed by atoms with Crippen LogP contribution in [0.3, 0.4) is 0 Å². The van der Waals surface area contributed by atoms with Gasteiger partial charge in [0.25, 0.3) is 0 Å². The van der Waals surface area contributed by atoms with Crippen LogP contribution in [0.25, 0.3) is 27.9 Å². The van der Waals surface area contributed by atoms with Crippen molar-refractivity contribution in [3.8, 4) is 11.4 Å². The molecule has 1 atom stereocenters. The summed E-state index contributed by atoms with van der Waals surface area (Å²) >= 11 is 0. The van der Waals surface area contributed by atoms with Crippen LogP contribution in [0.4, 0.5) is 11.8 Å². The van der Waals surface area contributed by atoms with Gasteiger partial charge in [-0.3, -0.25) is 0 Å². The molecule has 0 amide bonds. The lowest BCUT2D eigenvalue weighted by Crippen LogP contribution is -2.29. The zero-order valence-electron chi connectivity index (χ0n) is 20.6. The van der Waals surface area contributed by atoms with E-state index in [-0.39, 0.29) is 6.04 Å². The Morgan fingerprint density at radius 3 is 2.71 bits per heavy atom. The molecule has 0 radical (unpaired) electrons. The highest BCUT2D eigenvalue weighted by Crippen LogP contribution is 2.31. The lowest BCUT2D eigenvalue weighted by Gasteiger charge is -2.24. The van der Waals surface area contributed by atoms with Gasteiger partial charge in [0.15, 0.2) is 11.5 Å². The standard InChI is InChI=1S/C27H30N8/c1-16(2)21-15-29-35-26(21)32-25(17-9-12-24(28-14-17)34(3)4)33-27(35)30-18-10-11-23-20(13-18)19-7-5-6-8-22(19)31-23/h5-9,12,14-16,18,31H,10-11,13H2,1-4H3,(H,30,32,33). The molecule has 5 aromatic rings. The quantitative estimate of drug-likeness (QED) is 0.386. The number of aryl methyl sites for hydroxylation is 1. The molecule has 8 nitrogen and oxygen atoms in total. The first-order valence-electron chi connectivity index (χ1n) is 12.2. The number of hydrogen-bond donors (Lipinski definition) is 2. The molecule has 1 aliphatic rings. The number of hydrogen-bond acceptors (Lipinski definition) is 6. The summed E-state index contributed by atoms with van der Waals surface area (Å²) in [6.45, 7) is 4.33. The van der Waals surface area contributed by atoms with Crippen LogP contribution in [0, 0.1) is 0 Å². The van der Waals surface area contributed by atoms with E-state index in [1.165, 1.54) is 22.2 Å². The number of nitrogens with one attached hydrogen (secondary N) is 2. The van der Waals surface area contributed by atoms with Crippen LogP contribution in [0.5, 0.6) is 0 Å². The molecule has 0 saturated heterocycles. The van der Waals surface area contributed by atoms with Crippen LogP contribution in [-0.2, 0) is 12.8 Å². The van der Waals surface area contributed by atoms with Crippen molar-refractivity contribution in [1.82, 2.24) is 29.5 Å². The van der Waals surface area contributed by atoms with Gasteiger partial charge in [-0.1, -0.05) is 32.0 Å². The van der Waals surface area contributed by atoms with E-state index in [4.69, 9.17) is 9.97 Å². The zero-order chi connectivity index (χ0) is 24.1. The maximum Gasteiger partial charge on any atom is 0.228 e. The normalized spacial score (nSPS) is 15.6. The number of H-pyrrole nitrogens is 1. The molecule has 8 heteroatoms. The molecule has 0 fully saturated rings. The van der Waals surface area contributed by atoms with Crippen molar-refractivity contribution >= 4 is 28.3 Å². The summed E-state index contributed by atoms with van der Waals surface area (Å²) < 4.78 is 1.85. The molecule has 4 aromatic heterocycles. The molecule has 178 valence electrons. The van der Waals surface area contributed by atoms with Gasteiger partial charge in [-0.25, -0.2) is 9.97 Å². The molecule has 1 aromatic carbocycles. The minimum atomic E-state index is 0.258. The lowest BCUT2D eigenvalue weighted by atomic mass is 9.91. The number of pyridine rings is 1. The Balaban J connectivity index is 1.39. The Hall–Kier alpha value is -3.94. The van der Waals surface area contributed by atoms with E-state index in [1.807, 2.05) is 48.0 Å². The van der Waals surface area contributed by atoms with E-state index in [1.54, 1.807) is 0 Å². The molecule has 0 aliphatic heterocycles. The monoisotopic (exact) mass is 466 g/mol. The molecule has 35 heavy (non-hydrogen) atoms. The second-order valence-electron chi connectivity index (χ2n) is 9.87. The third kappa shape index (κ3) is 3.79. The van der Waals surface area contributed by atoms with E-state index in [9.17, 15) is 0 Å². The van der Waals surface area contributed by atoms with E-state index in [2.05, 4.69) is 58.5 Å². The first-order valence-corrected chi connectivity index (χ1v) is 12.2. The summed E-state index contributed by atoms with van der Waals surface area (Å²) in [5, 5.41) is 9.70. The average Bonchev–Trinajstić information content (AvgIpc) is 3.46. The fourth-order valence-corrected chi connectivity index (χ4v) is 4.98. The molecule has 1 unspecified atom stereocenters. The van der Waals surface area contributed by atoms with E-state index < -0.39 is 0 Å². The number of nitrogens with zero attached hydrogens (tertiary/aromatic N) is 6. The Morgan fingerprint density at radius 2 is 1.94 bits per heavy atom. The van der Waals surface area contributed by atoms with Gasteiger partial charge in [0.05, 0.1) is 6.20 Å². The number of anilines is 2. The molecular formula is C27H30N8. The summed E-state index contributed by atoms with van der Waals surface area (Å²) in [5.41, 5.74) is 6.81. The van der Waals surface area contributed by atoms with Gasteiger partial charge in [0.1, 0.15) is 5.82 Å². The highest BCUT2D eigenvalue weighted by atomic mass is 15.4. The van der Waals surface area contributed by atoms with Gasteiger partial charge in [0, 0.05) is 54.1 Å². The topological polar surface area (TPSA) is 87.0 Å². The number of fused-ring (bicyclic) bond motifs is 4. The van der Waals surface area contributed by atoms with Gasteiger partial charge in [-0.15, -0.1) is 0 Å². The van der Waals surface area contributed by atoms with Crippen LogP contribution in [0.2, 0.25) is 0 Å². The van der Waals surface area contributed by atoms with E-state index in [0.717, 1.165) is 47.8 Å². The van der Waals surface area contributed by atoms with E-state index in [0.29, 0.717) is 11.7 Å². The Kier molecular flexibility index (Phi) is 5.16. The van der Waals surface area contributed by atoms with Crippen molar-refractivity contribution < 1.29 is 0 Å². The van der Waals surface area contributed by atoms with Crippen LogP contribution >= 0.6 is 0 Å². The predicted molar refractivity (Wildman–Crippen MR) is 140 cm³/mol. The Morgan fingerprint density at radius 1 is 1.09 bits per heavy atom. The largest absolute Gasteiger partial charge is 0.363 e. The maximum atomic E-state index is 4.94. The summed E-state index contributed by atoms with van der Waals surface area (Å²) in [6, 6.07) is 12.8. The summed E-state index contributed by atoms with van der Waals surface area (Å²) in [7, 11) is 3.97. The molecule has 0 saturated carbocycles. The zero-order valence-corrected chi connectivity index (χ0v) is 20.6. The van der Waals surface area contributed by atoms with Crippen molar-refractivity contribution in [2.24, 2.45) is 0 Å². The third-order valence-corrected chi connectivity index (χ3v) is 6.91. The molecule has 1 aliphatic carbocycles. The van der Waals surface area contributed by atoms with E-state index >= 15 is 0 Å². The van der Waals surface area contributed by atoms with Gasteiger partial charge in [0.2, 0.25) is 5.95 Å². The Labute approximate surface area is 204 Å². The number of aromatic amines is 1. The van der Waals surface area contributed by atoms with Crippen molar-refractivity contribution in [2.45, 2.75) is 45.1 Å². The van der Waals surface area contributed by atoms with Crippen molar-refractivity contribution in [2.75, 3.05) is 24.3 Å². The molecule has 0 spiro atoms. The SMILES string of the molecule is CC(C)c1cnn2c(NC3CCc4[nH]c5ccccc5c4C3)nc(-c3ccc(N(C)C)nc3)nc12. The number of rotatable bonds is 5. The van der Waals surface area contributed by atoms with Gasteiger partial charge >= 0.3 is 0 Å². The molecule has 0 bridgehead atoms. The van der Waals surface area contributed by atoms with Crippen molar-refractivity contribution in [1.29, 1.82) is 0 Å². The molecule has 4 heterocycles. The highest BCUT2D eigenvalue weighted by Gasteiger charge is 2.24. The van der Waals surface area contributed by atoms with Crippen molar-refractivity contribution in [3.05, 3.63) is 65.6 Å². The summed E-state index contributed by atoms with van der Waals surface area (Å²) in [6.07, 6.45) is 6.73. The van der Waals surface area contributed by atoms with Crippen LogP contribution in [0.1, 0.15) is 43.0 Å². The average molecular weight is 467 g/mol.